The molecule has 2 atom stereocenters. The third kappa shape index (κ3) is 2.01. The average molecular weight is 290 g/mol. The molecule has 1 amide bonds. The second-order valence-electron chi connectivity index (χ2n) is 5.40. The number of benzene rings is 1. The lowest BCUT2D eigenvalue weighted by atomic mass is 9.76. The third-order valence-corrected chi connectivity index (χ3v) is 3.65. The Labute approximate surface area is 113 Å². The Morgan fingerprint density at radius 1 is 1.25 bits per heavy atom. The maximum atomic E-state index is 14.3. The van der Waals surface area contributed by atoms with Crippen LogP contribution < -0.4 is 11.1 Å². The molecule has 1 aromatic rings. The largest absolute Gasteiger partial charge is 0.399 e. The summed E-state index contributed by atoms with van der Waals surface area (Å²) in [5, 5.41) is 1.90. The summed E-state index contributed by atoms with van der Waals surface area (Å²) in [5.74, 6) is -5.81. The normalized spacial score (nSPS) is 32.8. The average Bonchev–Trinajstić information content (AvgIpc) is 2.29. The van der Waals surface area contributed by atoms with Crippen molar-refractivity contribution in [3.05, 3.63) is 29.6 Å². The first kappa shape index (κ1) is 14.6. The predicted octanol–water partition coefficient (Wildman–Crippen LogP) is 2.51. The molecule has 2 rings (SSSR count). The number of nitrogen functional groups attached to an aromatic ring is 1. The lowest BCUT2D eigenvalue weighted by Crippen LogP contribution is -2.66. The van der Waals surface area contributed by atoms with Crippen LogP contribution in [0.25, 0.3) is 0 Å². The van der Waals surface area contributed by atoms with Gasteiger partial charge in [-0.3, -0.25) is 4.79 Å². The Balaban J connectivity index is 2.58. The minimum atomic E-state index is -3.67. The quantitative estimate of drug-likeness (QED) is 0.617. The smallest absolute Gasteiger partial charge is 0.278 e. The van der Waals surface area contributed by atoms with E-state index < -0.39 is 40.8 Å². The molecule has 1 fully saturated rings. The van der Waals surface area contributed by atoms with Gasteiger partial charge in [-0.1, -0.05) is 0 Å². The number of amides is 1. The molecule has 20 heavy (non-hydrogen) atoms. The van der Waals surface area contributed by atoms with Gasteiger partial charge in [0.25, 0.3) is 11.8 Å². The van der Waals surface area contributed by atoms with Crippen LogP contribution in [-0.2, 0) is 10.3 Å². The van der Waals surface area contributed by atoms with Crippen molar-refractivity contribution < 1.29 is 22.4 Å². The summed E-state index contributed by atoms with van der Waals surface area (Å²) in [6.07, 6.45) is -1.32. The minimum absolute atomic E-state index is 0.0706. The van der Waals surface area contributed by atoms with Crippen LogP contribution >= 0.6 is 0 Å². The van der Waals surface area contributed by atoms with Gasteiger partial charge in [0.1, 0.15) is 11.4 Å². The minimum Gasteiger partial charge on any atom is -0.399 e. The summed E-state index contributed by atoms with van der Waals surface area (Å²) in [5.41, 5.74) is 0.0149. The Morgan fingerprint density at radius 3 is 2.45 bits per heavy atom. The van der Waals surface area contributed by atoms with E-state index in [0.29, 0.717) is 0 Å². The second kappa shape index (κ2) is 4.10. The van der Waals surface area contributed by atoms with Crippen molar-refractivity contribution in [2.45, 2.75) is 37.4 Å². The highest BCUT2D eigenvalue weighted by Crippen LogP contribution is 2.48. The fourth-order valence-electron chi connectivity index (χ4n) is 2.31. The van der Waals surface area contributed by atoms with Gasteiger partial charge in [0, 0.05) is 11.3 Å². The highest BCUT2D eigenvalue weighted by Gasteiger charge is 2.63. The molecule has 0 saturated carbocycles. The predicted molar refractivity (Wildman–Crippen MR) is 65.4 cm³/mol. The van der Waals surface area contributed by atoms with E-state index in [1.54, 1.807) is 0 Å². The van der Waals surface area contributed by atoms with Gasteiger partial charge in [-0.25, -0.2) is 17.6 Å². The summed E-state index contributed by atoms with van der Waals surface area (Å²) in [7, 11) is 0. The Kier molecular flexibility index (Phi) is 3.00. The van der Waals surface area contributed by atoms with Gasteiger partial charge in [-0.15, -0.1) is 0 Å². The number of halogens is 4. The number of alkyl halides is 3. The summed E-state index contributed by atoms with van der Waals surface area (Å²) in [6.45, 7) is 1.73. The van der Waals surface area contributed by atoms with Gasteiger partial charge >= 0.3 is 0 Å². The van der Waals surface area contributed by atoms with Crippen molar-refractivity contribution in [1.82, 2.24) is 5.32 Å². The zero-order chi connectivity index (χ0) is 15.3. The lowest BCUT2D eigenvalue weighted by Gasteiger charge is -2.45. The van der Waals surface area contributed by atoms with E-state index in [-0.39, 0.29) is 5.69 Å². The van der Waals surface area contributed by atoms with E-state index in [4.69, 9.17) is 5.73 Å². The second-order valence-corrected chi connectivity index (χ2v) is 5.40. The van der Waals surface area contributed by atoms with Gasteiger partial charge in [0.15, 0.2) is 5.67 Å². The molecule has 7 heteroatoms. The van der Waals surface area contributed by atoms with Crippen LogP contribution in [0.15, 0.2) is 18.2 Å². The summed E-state index contributed by atoms with van der Waals surface area (Å²) < 4.78 is 56.1. The van der Waals surface area contributed by atoms with Gasteiger partial charge in [0.05, 0.1) is 6.42 Å². The van der Waals surface area contributed by atoms with Gasteiger partial charge in [-0.05, 0) is 32.0 Å². The van der Waals surface area contributed by atoms with E-state index in [0.717, 1.165) is 26.0 Å². The molecule has 1 aromatic carbocycles. The summed E-state index contributed by atoms with van der Waals surface area (Å²) in [4.78, 5) is 11.6. The fraction of sp³-hybridized carbons (Fsp3) is 0.462. The zero-order valence-corrected chi connectivity index (χ0v) is 10.9. The molecule has 0 radical (unpaired) electrons. The standard InChI is InChI=1S/C13H14F4N2O/c1-11(15)6-13(16,17)12(2,19-10(11)20)8-5-7(18)3-4-9(8)14/h3-5H,6,18H2,1-2H3,(H,19,20)/t11?,12-/m1/s1. The molecule has 3 nitrogen and oxygen atoms in total. The first-order chi connectivity index (χ1) is 8.99. The number of hydrogen-bond donors (Lipinski definition) is 2. The van der Waals surface area contributed by atoms with E-state index in [1.807, 2.05) is 5.32 Å². The highest BCUT2D eigenvalue weighted by atomic mass is 19.3. The number of carbonyl (C=O) groups is 1. The van der Waals surface area contributed by atoms with Crippen LogP contribution in [0.2, 0.25) is 0 Å². The molecule has 0 aliphatic carbocycles. The Morgan fingerprint density at radius 2 is 1.85 bits per heavy atom. The van der Waals surface area contributed by atoms with Crippen LogP contribution in [0.5, 0.6) is 0 Å². The molecule has 3 N–H and O–H groups in total. The molecule has 1 aliphatic heterocycles. The van der Waals surface area contributed by atoms with Crippen LogP contribution in [0, 0.1) is 5.82 Å². The molecule has 0 bridgehead atoms. The molecule has 1 saturated heterocycles. The van der Waals surface area contributed by atoms with E-state index in [9.17, 15) is 22.4 Å². The van der Waals surface area contributed by atoms with Crippen LogP contribution in [-0.4, -0.2) is 17.5 Å². The van der Waals surface area contributed by atoms with Crippen molar-refractivity contribution in [3.8, 4) is 0 Å². The molecule has 1 heterocycles. The number of nitrogens with one attached hydrogen (secondary N) is 1. The molecular formula is C13H14F4N2O. The van der Waals surface area contributed by atoms with Crippen molar-refractivity contribution in [2.24, 2.45) is 0 Å². The van der Waals surface area contributed by atoms with E-state index in [1.165, 1.54) is 6.07 Å². The summed E-state index contributed by atoms with van der Waals surface area (Å²) >= 11 is 0. The Bertz CT molecular complexity index is 573. The maximum absolute atomic E-state index is 14.3. The first-order valence-electron chi connectivity index (χ1n) is 5.94. The van der Waals surface area contributed by atoms with Crippen molar-refractivity contribution >= 4 is 11.6 Å². The van der Waals surface area contributed by atoms with Crippen molar-refractivity contribution in [2.75, 3.05) is 5.73 Å². The topological polar surface area (TPSA) is 55.1 Å². The van der Waals surface area contributed by atoms with Crippen LogP contribution in [0.1, 0.15) is 25.8 Å². The van der Waals surface area contributed by atoms with Gasteiger partial charge in [0.2, 0.25) is 0 Å². The molecule has 1 aliphatic rings. The number of nitrogens with two attached hydrogens (primary N) is 1. The number of piperidine rings is 1. The maximum Gasteiger partial charge on any atom is 0.278 e. The first-order valence-corrected chi connectivity index (χ1v) is 5.94. The monoisotopic (exact) mass is 290 g/mol. The summed E-state index contributed by atoms with van der Waals surface area (Å²) in [6, 6.07) is 3.16. The molecule has 0 spiro atoms. The molecule has 1 unspecified atom stereocenters. The third-order valence-electron chi connectivity index (χ3n) is 3.65. The SMILES string of the molecule is CC1(F)CC(F)(F)[C@@](C)(c2cc(N)ccc2F)NC1=O. The van der Waals surface area contributed by atoms with Gasteiger partial charge in [-0.2, -0.15) is 0 Å². The van der Waals surface area contributed by atoms with Crippen LogP contribution in [0.4, 0.5) is 23.2 Å². The van der Waals surface area contributed by atoms with Crippen molar-refractivity contribution in [3.63, 3.8) is 0 Å². The number of carbonyl (C=O) groups excluding carboxylic acids is 1. The van der Waals surface area contributed by atoms with E-state index >= 15 is 0 Å². The van der Waals surface area contributed by atoms with Crippen molar-refractivity contribution in [1.29, 1.82) is 0 Å². The molecular weight excluding hydrogens is 276 g/mol. The van der Waals surface area contributed by atoms with Crippen LogP contribution in [0.3, 0.4) is 0 Å². The molecule has 0 aromatic heterocycles. The fourth-order valence-corrected chi connectivity index (χ4v) is 2.31. The number of hydrogen-bond acceptors (Lipinski definition) is 2. The number of rotatable bonds is 1. The van der Waals surface area contributed by atoms with E-state index in [2.05, 4.69) is 0 Å². The number of anilines is 1. The molecule has 110 valence electrons. The van der Waals surface area contributed by atoms with Gasteiger partial charge < -0.3 is 11.1 Å². The highest BCUT2D eigenvalue weighted by molar-refractivity contribution is 5.87. The Hall–Kier alpha value is -1.79. The lowest BCUT2D eigenvalue weighted by molar-refractivity contribution is -0.175. The zero-order valence-electron chi connectivity index (χ0n) is 10.9.